The Morgan fingerprint density at radius 2 is 1.88 bits per heavy atom. The molecule has 0 aliphatic heterocycles. The lowest BCUT2D eigenvalue weighted by Crippen LogP contribution is -1.93. The highest BCUT2D eigenvalue weighted by molar-refractivity contribution is 6.31. The molecule has 5 N–H and O–H groups in total. The molecule has 0 aliphatic carbocycles. The van der Waals surface area contributed by atoms with E-state index in [0.717, 1.165) is 22.2 Å². The molecule has 4 aromatic rings. The number of nitrogens with zero attached hydrogens (tertiary/aromatic N) is 2. The zero-order valence-electron chi connectivity index (χ0n) is 13.8. The summed E-state index contributed by atoms with van der Waals surface area (Å²) in [7, 11) is 0. The van der Waals surface area contributed by atoms with E-state index in [9.17, 15) is 4.39 Å². The van der Waals surface area contributed by atoms with Crippen LogP contribution in [-0.4, -0.2) is 15.0 Å². The quantitative estimate of drug-likeness (QED) is 0.484. The van der Waals surface area contributed by atoms with Gasteiger partial charge in [0, 0.05) is 34.6 Å². The van der Waals surface area contributed by atoms with Crippen molar-refractivity contribution < 1.29 is 4.39 Å². The highest BCUT2D eigenvalue weighted by Crippen LogP contribution is 2.40. The molecule has 0 atom stereocenters. The largest absolute Gasteiger partial charge is 0.395 e. The average molecular weight is 368 g/mol. The van der Waals surface area contributed by atoms with Crippen LogP contribution in [-0.2, 0) is 0 Å². The van der Waals surface area contributed by atoms with Crippen LogP contribution in [0.2, 0.25) is 5.02 Å². The smallest absolute Gasteiger partial charge is 0.141 e. The number of hydrogen-bond donors (Lipinski definition) is 3. The van der Waals surface area contributed by atoms with Gasteiger partial charge in [0.25, 0.3) is 0 Å². The molecule has 3 heterocycles. The predicted molar refractivity (Wildman–Crippen MR) is 103 cm³/mol. The minimum atomic E-state index is -0.481. The minimum absolute atomic E-state index is 0.0339. The Bertz CT molecular complexity index is 1150. The van der Waals surface area contributed by atoms with Crippen molar-refractivity contribution in [3.05, 3.63) is 59.3 Å². The number of nitrogens with one attached hydrogen (secondary N) is 1. The third-order valence-electron chi connectivity index (χ3n) is 4.30. The van der Waals surface area contributed by atoms with Crippen LogP contribution in [0.15, 0.2) is 42.7 Å². The van der Waals surface area contributed by atoms with E-state index in [2.05, 4.69) is 15.0 Å². The first-order valence-corrected chi connectivity index (χ1v) is 8.27. The average Bonchev–Trinajstić information content (AvgIpc) is 2.92. The molecule has 0 radical (unpaired) electrons. The van der Waals surface area contributed by atoms with Gasteiger partial charge in [0.15, 0.2) is 0 Å². The van der Waals surface area contributed by atoms with Crippen molar-refractivity contribution in [2.75, 3.05) is 11.5 Å². The van der Waals surface area contributed by atoms with Gasteiger partial charge < -0.3 is 16.5 Å². The maximum absolute atomic E-state index is 13.5. The number of fused-ring (bicyclic) bond motifs is 1. The fourth-order valence-electron chi connectivity index (χ4n) is 3.04. The third kappa shape index (κ3) is 2.55. The number of nitrogens with two attached hydrogens (primary N) is 2. The summed E-state index contributed by atoms with van der Waals surface area (Å²) in [5.74, 6) is -0.125. The molecule has 7 heteroatoms. The second-order valence-corrected chi connectivity index (χ2v) is 6.44. The molecule has 0 saturated heterocycles. The van der Waals surface area contributed by atoms with Crippen LogP contribution in [0.5, 0.6) is 0 Å². The van der Waals surface area contributed by atoms with E-state index in [4.69, 9.17) is 23.1 Å². The van der Waals surface area contributed by atoms with Crippen molar-refractivity contribution >= 4 is 34.0 Å². The number of aromatic nitrogens is 3. The summed E-state index contributed by atoms with van der Waals surface area (Å²) in [6.45, 7) is 1.91. The SMILES string of the molecule is Cc1cc(-c2ncc(-c3ccc(F)c(Cl)c3)c3c(N)c(N)[nH]c23)ccn1. The molecular weight excluding hydrogens is 353 g/mol. The molecule has 0 aliphatic rings. The number of aryl methyl sites for hydroxylation is 1. The molecule has 0 fully saturated rings. The second-order valence-electron chi connectivity index (χ2n) is 6.04. The van der Waals surface area contributed by atoms with Crippen LogP contribution >= 0.6 is 11.6 Å². The summed E-state index contributed by atoms with van der Waals surface area (Å²) < 4.78 is 13.5. The van der Waals surface area contributed by atoms with Crippen molar-refractivity contribution in [3.63, 3.8) is 0 Å². The number of halogens is 2. The molecule has 130 valence electrons. The van der Waals surface area contributed by atoms with Gasteiger partial charge in [-0.2, -0.15) is 0 Å². The molecule has 4 rings (SSSR count). The van der Waals surface area contributed by atoms with E-state index in [1.54, 1.807) is 24.5 Å². The Hall–Kier alpha value is -3.12. The van der Waals surface area contributed by atoms with Crippen molar-refractivity contribution in [2.45, 2.75) is 6.92 Å². The lowest BCUT2D eigenvalue weighted by atomic mass is 10.0. The second kappa shape index (κ2) is 6.00. The number of H-pyrrole nitrogens is 1. The van der Waals surface area contributed by atoms with Gasteiger partial charge in [-0.15, -0.1) is 0 Å². The molecule has 0 amide bonds. The maximum atomic E-state index is 13.5. The van der Waals surface area contributed by atoms with Gasteiger partial charge in [-0.05, 0) is 36.8 Å². The summed E-state index contributed by atoms with van der Waals surface area (Å²) in [6.07, 6.45) is 3.42. The number of rotatable bonds is 2. The highest BCUT2D eigenvalue weighted by Gasteiger charge is 2.18. The van der Waals surface area contributed by atoms with Crippen LogP contribution in [0, 0.1) is 12.7 Å². The zero-order valence-corrected chi connectivity index (χ0v) is 14.6. The topological polar surface area (TPSA) is 93.6 Å². The fourth-order valence-corrected chi connectivity index (χ4v) is 3.22. The number of hydrogen-bond acceptors (Lipinski definition) is 4. The number of anilines is 2. The summed E-state index contributed by atoms with van der Waals surface area (Å²) >= 11 is 5.94. The Labute approximate surface area is 153 Å². The lowest BCUT2D eigenvalue weighted by molar-refractivity contribution is 0.628. The van der Waals surface area contributed by atoms with Gasteiger partial charge in [0.05, 0.1) is 21.9 Å². The van der Waals surface area contributed by atoms with E-state index >= 15 is 0 Å². The monoisotopic (exact) mass is 367 g/mol. The van der Waals surface area contributed by atoms with Crippen molar-refractivity contribution in [1.82, 2.24) is 15.0 Å². The molecular formula is C19H15ClFN5. The molecule has 0 bridgehead atoms. The third-order valence-corrected chi connectivity index (χ3v) is 4.59. The zero-order chi connectivity index (χ0) is 18.4. The number of benzene rings is 1. The van der Waals surface area contributed by atoms with E-state index in [1.807, 2.05) is 19.1 Å². The standard InChI is InChI=1S/C19H15ClFN5/c1-9-6-11(4-5-24-9)17-18-15(16(22)19(23)26-18)12(8-25-17)10-2-3-14(21)13(20)7-10/h2-8,26H,22-23H2,1H3. The van der Waals surface area contributed by atoms with Gasteiger partial charge >= 0.3 is 0 Å². The van der Waals surface area contributed by atoms with Crippen LogP contribution in [0.25, 0.3) is 33.3 Å². The summed E-state index contributed by atoms with van der Waals surface area (Å²) in [6, 6.07) is 8.30. The minimum Gasteiger partial charge on any atom is -0.395 e. The van der Waals surface area contributed by atoms with Crippen LogP contribution in [0.1, 0.15) is 5.69 Å². The molecule has 0 unspecified atom stereocenters. The molecule has 5 nitrogen and oxygen atoms in total. The van der Waals surface area contributed by atoms with E-state index in [-0.39, 0.29) is 5.02 Å². The van der Waals surface area contributed by atoms with Crippen LogP contribution in [0.3, 0.4) is 0 Å². The maximum Gasteiger partial charge on any atom is 0.141 e. The number of nitrogen functional groups attached to an aromatic ring is 2. The van der Waals surface area contributed by atoms with Crippen LogP contribution in [0.4, 0.5) is 15.9 Å². The molecule has 3 aromatic heterocycles. The first kappa shape index (κ1) is 16.4. The van der Waals surface area contributed by atoms with Gasteiger partial charge in [-0.1, -0.05) is 17.7 Å². The summed E-state index contributed by atoms with van der Waals surface area (Å²) in [4.78, 5) is 11.9. The van der Waals surface area contributed by atoms with E-state index in [0.29, 0.717) is 28.3 Å². The Morgan fingerprint density at radius 3 is 2.62 bits per heavy atom. The van der Waals surface area contributed by atoms with E-state index < -0.39 is 5.82 Å². The molecule has 1 aromatic carbocycles. The Balaban J connectivity index is 2.03. The van der Waals surface area contributed by atoms with Crippen molar-refractivity contribution in [1.29, 1.82) is 0 Å². The Kier molecular flexibility index (Phi) is 3.77. The molecule has 0 saturated carbocycles. The first-order chi connectivity index (χ1) is 12.5. The van der Waals surface area contributed by atoms with Crippen molar-refractivity contribution in [3.8, 4) is 22.4 Å². The molecule has 26 heavy (non-hydrogen) atoms. The number of aromatic amines is 1. The normalized spacial score (nSPS) is 11.2. The van der Waals surface area contributed by atoms with Gasteiger partial charge in [0.2, 0.25) is 0 Å². The molecule has 0 spiro atoms. The summed E-state index contributed by atoms with van der Waals surface area (Å²) in [5.41, 5.74) is 17.3. The number of pyridine rings is 2. The highest BCUT2D eigenvalue weighted by atomic mass is 35.5. The lowest BCUT2D eigenvalue weighted by Gasteiger charge is -2.09. The summed E-state index contributed by atoms with van der Waals surface area (Å²) in [5, 5.41) is 0.760. The first-order valence-electron chi connectivity index (χ1n) is 7.89. The van der Waals surface area contributed by atoms with Crippen molar-refractivity contribution in [2.24, 2.45) is 0 Å². The van der Waals surface area contributed by atoms with E-state index in [1.165, 1.54) is 6.07 Å². The Morgan fingerprint density at radius 1 is 1.08 bits per heavy atom. The van der Waals surface area contributed by atoms with Gasteiger partial charge in [-0.3, -0.25) is 9.97 Å². The predicted octanol–water partition coefficient (Wildman–Crippen LogP) is 4.56. The fraction of sp³-hybridized carbons (Fsp3) is 0.0526. The van der Waals surface area contributed by atoms with Gasteiger partial charge in [-0.25, -0.2) is 4.39 Å². The van der Waals surface area contributed by atoms with Crippen LogP contribution < -0.4 is 11.5 Å². The van der Waals surface area contributed by atoms with Gasteiger partial charge in [0.1, 0.15) is 11.6 Å².